The highest BCUT2D eigenvalue weighted by Crippen LogP contribution is 2.08. The minimum atomic E-state index is -0.196. The molecule has 5 nitrogen and oxygen atoms in total. The monoisotopic (exact) mass is 220 g/mol. The molecule has 1 heterocycles. The summed E-state index contributed by atoms with van der Waals surface area (Å²) in [6.45, 7) is 0.814. The maximum absolute atomic E-state index is 11.6. The zero-order valence-electron chi connectivity index (χ0n) is 8.90. The Hall–Kier alpha value is -1.88. The number of hydrogen-bond acceptors (Lipinski definition) is 4. The smallest absolute Gasteiger partial charge is 0.297 e. The molecule has 0 fully saturated rings. The Morgan fingerprint density at radius 2 is 2.12 bits per heavy atom. The Balaban J connectivity index is 2.31. The van der Waals surface area contributed by atoms with E-state index in [1.165, 1.54) is 0 Å². The third kappa shape index (κ3) is 2.20. The summed E-state index contributed by atoms with van der Waals surface area (Å²) in [5, 5.41) is 0.557. The lowest BCUT2D eigenvalue weighted by Crippen LogP contribution is -2.13. The molecule has 5 heteroatoms. The van der Waals surface area contributed by atoms with Gasteiger partial charge in [0.2, 0.25) is 0 Å². The number of aromatic amines is 1. The lowest BCUT2D eigenvalue weighted by atomic mass is 10.2. The van der Waals surface area contributed by atoms with Crippen molar-refractivity contribution in [2.24, 2.45) is 0 Å². The van der Waals surface area contributed by atoms with Gasteiger partial charge in [-0.1, -0.05) is 12.1 Å². The Bertz CT molecular complexity index is 536. The summed E-state index contributed by atoms with van der Waals surface area (Å²) in [4.78, 5) is 18.4. The van der Waals surface area contributed by atoms with E-state index in [0.29, 0.717) is 24.1 Å². The lowest BCUT2D eigenvalue weighted by molar-refractivity contribution is 0.141. The molecule has 0 spiro atoms. The fraction of sp³-hybridized carbons (Fsp3) is 0.273. The minimum Gasteiger partial charge on any atom is -0.462 e. The van der Waals surface area contributed by atoms with Gasteiger partial charge in [-0.05, 0) is 12.1 Å². The highest BCUT2D eigenvalue weighted by molar-refractivity contribution is 5.77. The van der Waals surface area contributed by atoms with Gasteiger partial charge in [0.05, 0.1) is 17.5 Å². The molecular formula is C11H12N2O3. The summed E-state index contributed by atoms with van der Waals surface area (Å²) >= 11 is 0. The third-order valence-electron chi connectivity index (χ3n) is 2.12. The van der Waals surface area contributed by atoms with Gasteiger partial charge in [0.25, 0.3) is 11.6 Å². The number of nitrogens with one attached hydrogen (secondary N) is 1. The van der Waals surface area contributed by atoms with Crippen LogP contribution in [0.1, 0.15) is 0 Å². The molecule has 0 saturated heterocycles. The van der Waals surface area contributed by atoms with Crippen molar-refractivity contribution in [1.82, 2.24) is 9.97 Å². The van der Waals surface area contributed by atoms with Crippen LogP contribution in [0.3, 0.4) is 0 Å². The van der Waals surface area contributed by atoms with Crippen LogP contribution in [-0.4, -0.2) is 30.3 Å². The topological polar surface area (TPSA) is 64.2 Å². The zero-order valence-corrected chi connectivity index (χ0v) is 8.90. The first-order valence-electron chi connectivity index (χ1n) is 4.92. The fourth-order valence-corrected chi connectivity index (χ4v) is 1.35. The maximum atomic E-state index is 11.6. The normalized spacial score (nSPS) is 10.6. The van der Waals surface area contributed by atoms with Gasteiger partial charge in [-0.2, -0.15) is 4.98 Å². The van der Waals surface area contributed by atoms with Gasteiger partial charge < -0.3 is 9.47 Å². The molecule has 84 valence electrons. The second-order valence-electron chi connectivity index (χ2n) is 3.23. The van der Waals surface area contributed by atoms with Gasteiger partial charge in [-0.3, -0.25) is 9.78 Å². The molecule has 0 amide bonds. The van der Waals surface area contributed by atoms with Crippen LogP contribution < -0.4 is 10.3 Å². The van der Waals surface area contributed by atoms with Crippen LogP contribution in [-0.2, 0) is 4.74 Å². The van der Waals surface area contributed by atoms with Gasteiger partial charge in [-0.25, -0.2) is 0 Å². The van der Waals surface area contributed by atoms with Crippen LogP contribution >= 0.6 is 0 Å². The summed E-state index contributed by atoms with van der Waals surface area (Å²) in [6, 6.07) is 7.34. The van der Waals surface area contributed by atoms with Crippen molar-refractivity contribution in [2.75, 3.05) is 20.3 Å². The molecule has 0 aliphatic heterocycles. The van der Waals surface area contributed by atoms with Crippen molar-refractivity contribution in [3.05, 3.63) is 34.6 Å². The van der Waals surface area contributed by atoms with E-state index < -0.39 is 0 Å². The van der Waals surface area contributed by atoms with E-state index in [-0.39, 0.29) is 11.6 Å². The Morgan fingerprint density at radius 3 is 2.94 bits per heavy atom. The highest BCUT2D eigenvalue weighted by atomic mass is 16.5. The predicted octanol–water partition coefficient (Wildman–Crippen LogP) is 0.948. The standard InChI is InChI=1S/C11H12N2O3/c1-15-6-7-16-11-12-9-5-3-2-4-8(9)10(14)13-11/h2-5H,6-7H2,1H3,(H,12,13,14). The number of methoxy groups -OCH3 is 1. The molecule has 0 aliphatic rings. The molecular weight excluding hydrogens is 208 g/mol. The van der Waals surface area contributed by atoms with Gasteiger partial charge in [0.15, 0.2) is 0 Å². The summed E-state index contributed by atoms with van der Waals surface area (Å²) < 4.78 is 10.1. The molecule has 0 unspecified atom stereocenters. The van der Waals surface area contributed by atoms with Crippen molar-refractivity contribution in [3.63, 3.8) is 0 Å². The summed E-state index contributed by atoms with van der Waals surface area (Å²) in [7, 11) is 1.58. The largest absolute Gasteiger partial charge is 0.462 e. The van der Waals surface area contributed by atoms with Gasteiger partial charge in [0, 0.05) is 7.11 Å². The number of fused-ring (bicyclic) bond motifs is 1. The van der Waals surface area contributed by atoms with Gasteiger partial charge in [0.1, 0.15) is 6.61 Å². The first-order chi connectivity index (χ1) is 7.81. The molecule has 0 bridgehead atoms. The molecule has 0 atom stereocenters. The first-order valence-corrected chi connectivity index (χ1v) is 4.92. The Kier molecular flexibility index (Phi) is 3.16. The molecule has 2 aromatic rings. The molecule has 16 heavy (non-hydrogen) atoms. The van der Waals surface area contributed by atoms with E-state index >= 15 is 0 Å². The number of rotatable bonds is 4. The van der Waals surface area contributed by atoms with Crippen LogP contribution in [0.5, 0.6) is 6.01 Å². The number of hydrogen-bond donors (Lipinski definition) is 1. The Morgan fingerprint density at radius 1 is 1.31 bits per heavy atom. The molecule has 0 aliphatic carbocycles. The molecule has 1 N–H and O–H groups in total. The van der Waals surface area contributed by atoms with E-state index in [0.717, 1.165) is 0 Å². The summed E-state index contributed by atoms with van der Waals surface area (Å²) in [5.74, 6) is 0. The van der Waals surface area contributed by atoms with Crippen LogP contribution in [0.4, 0.5) is 0 Å². The fourth-order valence-electron chi connectivity index (χ4n) is 1.35. The SMILES string of the molecule is COCCOc1nc2ccccc2c(=O)[nH]1. The second-order valence-corrected chi connectivity index (χ2v) is 3.23. The number of ether oxygens (including phenoxy) is 2. The second kappa shape index (κ2) is 4.76. The van der Waals surface area contributed by atoms with Crippen LogP contribution in [0, 0.1) is 0 Å². The quantitative estimate of drug-likeness (QED) is 0.779. The zero-order chi connectivity index (χ0) is 11.4. The van der Waals surface area contributed by atoms with Crippen molar-refractivity contribution in [3.8, 4) is 6.01 Å². The molecule has 0 saturated carbocycles. The number of nitrogens with zero attached hydrogens (tertiary/aromatic N) is 1. The number of para-hydroxylation sites is 1. The van der Waals surface area contributed by atoms with Crippen molar-refractivity contribution < 1.29 is 9.47 Å². The third-order valence-corrected chi connectivity index (χ3v) is 2.12. The lowest BCUT2D eigenvalue weighted by Gasteiger charge is -2.04. The number of H-pyrrole nitrogens is 1. The molecule has 1 aromatic carbocycles. The highest BCUT2D eigenvalue weighted by Gasteiger charge is 2.03. The first kappa shape index (κ1) is 10.6. The van der Waals surface area contributed by atoms with Crippen molar-refractivity contribution >= 4 is 10.9 Å². The molecule has 0 radical (unpaired) electrons. The number of benzene rings is 1. The molecule has 1 aromatic heterocycles. The van der Waals surface area contributed by atoms with E-state index in [4.69, 9.17) is 9.47 Å². The van der Waals surface area contributed by atoms with Crippen LogP contribution in [0.25, 0.3) is 10.9 Å². The summed E-state index contributed by atoms with van der Waals surface area (Å²) in [5.41, 5.74) is 0.427. The maximum Gasteiger partial charge on any atom is 0.297 e. The average molecular weight is 220 g/mol. The Labute approximate surface area is 92.0 Å². The van der Waals surface area contributed by atoms with Gasteiger partial charge in [-0.15, -0.1) is 0 Å². The molecule has 2 rings (SSSR count). The minimum absolute atomic E-state index is 0.196. The van der Waals surface area contributed by atoms with E-state index in [9.17, 15) is 4.79 Å². The van der Waals surface area contributed by atoms with E-state index in [1.54, 1.807) is 25.3 Å². The van der Waals surface area contributed by atoms with Crippen molar-refractivity contribution in [1.29, 1.82) is 0 Å². The van der Waals surface area contributed by atoms with Crippen molar-refractivity contribution in [2.45, 2.75) is 0 Å². The summed E-state index contributed by atoms with van der Waals surface area (Å²) in [6.07, 6.45) is 0. The van der Waals surface area contributed by atoms with Crippen LogP contribution in [0.2, 0.25) is 0 Å². The average Bonchev–Trinajstić information content (AvgIpc) is 2.30. The number of aromatic nitrogens is 2. The van der Waals surface area contributed by atoms with Gasteiger partial charge >= 0.3 is 0 Å². The van der Waals surface area contributed by atoms with Crippen LogP contribution in [0.15, 0.2) is 29.1 Å². The van der Waals surface area contributed by atoms with E-state index in [2.05, 4.69) is 9.97 Å². The predicted molar refractivity (Wildman–Crippen MR) is 59.7 cm³/mol. The van der Waals surface area contributed by atoms with E-state index in [1.807, 2.05) is 6.07 Å².